The highest BCUT2D eigenvalue weighted by Crippen LogP contribution is 2.20. The van der Waals surface area contributed by atoms with Crippen LogP contribution in [-0.4, -0.2) is 23.0 Å². The monoisotopic (exact) mass is 240 g/mol. The number of rotatable bonds is 2. The summed E-state index contributed by atoms with van der Waals surface area (Å²) in [6.45, 7) is 9.61. The van der Waals surface area contributed by atoms with Gasteiger partial charge in [0.05, 0.1) is 0 Å². The molecule has 1 aliphatic rings. The molecule has 90 valence electrons. The molecule has 2 rings (SSSR count). The number of hydrogen-bond donors (Lipinski definition) is 0. The molecular formula is C13H21ClN2. The van der Waals surface area contributed by atoms with E-state index in [4.69, 9.17) is 11.6 Å². The zero-order valence-electron chi connectivity index (χ0n) is 10.4. The second-order valence-corrected chi connectivity index (χ2v) is 4.44. The first-order chi connectivity index (χ1) is 7.75. The van der Waals surface area contributed by atoms with Crippen molar-refractivity contribution in [2.45, 2.75) is 33.7 Å². The molecule has 2 heterocycles. The van der Waals surface area contributed by atoms with Crippen molar-refractivity contribution in [2.24, 2.45) is 5.92 Å². The fourth-order valence-corrected chi connectivity index (χ4v) is 2.13. The van der Waals surface area contributed by atoms with Gasteiger partial charge in [0.2, 0.25) is 0 Å². The quantitative estimate of drug-likeness (QED) is 0.735. The minimum atomic E-state index is 0.645. The summed E-state index contributed by atoms with van der Waals surface area (Å²) in [5.74, 6) is 0.824. The van der Waals surface area contributed by atoms with Crippen LogP contribution in [0, 0.1) is 5.92 Å². The average molecular weight is 241 g/mol. The van der Waals surface area contributed by atoms with Crippen molar-refractivity contribution in [3.05, 3.63) is 29.0 Å². The van der Waals surface area contributed by atoms with Crippen molar-refractivity contribution in [2.75, 3.05) is 13.1 Å². The van der Waals surface area contributed by atoms with Crippen LogP contribution in [0.4, 0.5) is 0 Å². The molecule has 1 aromatic heterocycles. The summed E-state index contributed by atoms with van der Waals surface area (Å²) in [6.07, 6.45) is 3.04. The topological polar surface area (TPSA) is 16.1 Å². The first-order valence-electron chi connectivity index (χ1n) is 6.07. The molecule has 0 saturated carbocycles. The predicted molar refractivity (Wildman–Crippen MR) is 69.7 cm³/mol. The lowest BCUT2D eigenvalue weighted by Crippen LogP contribution is -2.19. The Hall–Kier alpha value is -0.600. The van der Waals surface area contributed by atoms with Crippen LogP contribution in [0.1, 0.15) is 32.8 Å². The van der Waals surface area contributed by atoms with Gasteiger partial charge in [-0.25, -0.2) is 4.98 Å². The van der Waals surface area contributed by atoms with Gasteiger partial charge >= 0.3 is 0 Å². The van der Waals surface area contributed by atoms with Crippen LogP contribution in [0.15, 0.2) is 18.3 Å². The molecule has 1 saturated heterocycles. The van der Waals surface area contributed by atoms with E-state index in [1.54, 1.807) is 6.20 Å². The molecule has 1 aliphatic heterocycles. The van der Waals surface area contributed by atoms with Gasteiger partial charge in [0.1, 0.15) is 5.15 Å². The van der Waals surface area contributed by atoms with Gasteiger partial charge in [-0.3, -0.25) is 4.90 Å². The molecule has 0 spiro atoms. The maximum absolute atomic E-state index is 6.00. The fourth-order valence-electron chi connectivity index (χ4n) is 1.95. The van der Waals surface area contributed by atoms with E-state index in [0.717, 1.165) is 18.0 Å². The van der Waals surface area contributed by atoms with Crippen LogP contribution in [0.2, 0.25) is 5.15 Å². The zero-order chi connectivity index (χ0) is 12.0. The van der Waals surface area contributed by atoms with Crippen LogP contribution < -0.4 is 0 Å². The highest BCUT2D eigenvalue weighted by molar-refractivity contribution is 6.30. The van der Waals surface area contributed by atoms with E-state index >= 15 is 0 Å². The Morgan fingerprint density at radius 1 is 1.50 bits per heavy atom. The normalized spacial score (nSPS) is 20.4. The highest BCUT2D eigenvalue weighted by atomic mass is 35.5. The van der Waals surface area contributed by atoms with Crippen LogP contribution in [0.3, 0.4) is 0 Å². The third-order valence-corrected chi connectivity index (χ3v) is 3.08. The summed E-state index contributed by atoms with van der Waals surface area (Å²) in [5, 5.41) is 0.645. The molecule has 16 heavy (non-hydrogen) atoms. The van der Waals surface area contributed by atoms with Gasteiger partial charge in [-0.2, -0.15) is 0 Å². The van der Waals surface area contributed by atoms with Crippen molar-refractivity contribution >= 4 is 11.6 Å². The summed E-state index contributed by atoms with van der Waals surface area (Å²) in [5.41, 5.74) is 1.14. The molecule has 1 aromatic rings. The van der Waals surface area contributed by atoms with Gasteiger partial charge in [0.15, 0.2) is 0 Å². The molecule has 0 bridgehead atoms. The lowest BCUT2D eigenvalue weighted by atomic mass is 10.2. The van der Waals surface area contributed by atoms with E-state index in [9.17, 15) is 0 Å². The number of hydrogen-bond acceptors (Lipinski definition) is 2. The van der Waals surface area contributed by atoms with Crippen molar-refractivity contribution in [3.63, 3.8) is 0 Å². The Morgan fingerprint density at radius 3 is 2.81 bits per heavy atom. The predicted octanol–water partition coefficient (Wildman–Crippen LogP) is 3.60. The molecule has 0 amide bonds. The maximum Gasteiger partial charge on any atom is 0.133 e. The summed E-state index contributed by atoms with van der Waals surface area (Å²) < 4.78 is 0. The molecule has 2 nitrogen and oxygen atoms in total. The van der Waals surface area contributed by atoms with Crippen LogP contribution in [0.5, 0.6) is 0 Å². The molecule has 0 aliphatic carbocycles. The van der Waals surface area contributed by atoms with E-state index < -0.39 is 0 Å². The van der Waals surface area contributed by atoms with Crippen molar-refractivity contribution in [3.8, 4) is 0 Å². The third-order valence-electron chi connectivity index (χ3n) is 2.74. The van der Waals surface area contributed by atoms with Gasteiger partial charge < -0.3 is 0 Å². The summed E-state index contributed by atoms with van der Waals surface area (Å²) in [4.78, 5) is 6.52. The van der Waals surface area contributed by atoms with Gasteiger partial charge in [-0.15, -0.1) is 0 Å². The molecular weight excluding hydrogens is 220 g/mol. The number of likely N-dealkylation sites (tertiary alicyclic amines) is 1. The number of pyridine rings is 1. The lowest BCUT2D eigenvalue weighted by molar-refractivity contribution is 0.320. The van der Waals surface area contributed by atoms with E-state index in [1.807, 2.05) is 19.9 Å². The summed E-state index contributed by atoms with van der Waals surface area (Å²) in [7, 11) is 0. The standard InChI is InChI=1S/C11H15ClN2.C2H6/c1-9-4-6-14(7-9)8-10-3-2-5-13-11(10)12;1-2/h2-3,5,9H,4,6-8H2,1H3;1-2H3. The first kappa shape index (κ1) is 13.5. The van der Waals surface area contributed by atoms with Crippen molar-refractivity contribution in [1.82, 2.24) is 9.88 Å². The maximum atomic E-state index is 6.00. The van der Waals surface area contributed by atoms with Gasteiger partial charge in [0.25, 0.3) is 0 Å². The van der Waals surface area contributed by atoms with E-state index in [0.29, 0.717) is 5.15 Å². The molecule has 3 heteroatoms. The SMILES string of the molecule is CC.CC1CCN(Cc2cccnc2Cl)C1. The van der Waals surface area contributed by atoms with E-state index in [1.165, 1.54) is 19.5 Å². The smallest absolute Gasteiger partial charge is 0.133 e. The minimum Gasteiger partial charge on any atom is -0.299 e. The molecule has 1 atom stereocenters. The second-order valence-electron chi connectivity index (χ2n) is 4.08. The molecule has 1 unspecified atom stereocenters. The molecule has 1 fully saturated rings. The van der Waals surface area contributed by atoms with Gasteiger partial charge in [0, 0.05) is 24.8 Å². The zero-order valence-corrected chi connectivity index (χ0v) is 11.2. The van der Waals surface area contributed by atoms with Gasteiger partial charge in [-0.1, -0.05) is 38.4 Å². The Balaban J connectivity index is 0.000000606. The lowest BCUT2D eigenvalue weighted by Gasteiger charge is -2.15. The fraction of sp³-hybridized carbons (Fsp3) is 0.615. The largest absolute Gasteiger partial charge is 0.299 e. The molecule has 0 aromatic carbocycles. The van der Waals surface area contributed by atoms with Crippen molar-refractivity contribution < 1.29 is 0 Å². The van der Waals surface area contributed by atoms with Crippen LogP contribution >= 0.6 is 11.6 Å². The summed E-state index contributed by atoms with van der Waals surface area (Å²) in [6, 6.07) is 4.00. The number of aromatic nitrogens is 1. The average Bonchev–Trinajstić information content (AvgIpc) is 2.70. The Kier molecular flexibility index (Phi) is 5.78. The van der Waals surface area contributed by atoms with E-state index in [2.05, 4.69) is 22.9 Å². The van der Waals surface area contributed by atoms with Crippen molar-refractivity contribution in [1.29, 1.82) is 0 Å². The molecule has 0 N–H and O–H groups in total. The first-order valence-corrected chi connectivity index (χ1v) is 6.45. The number of halogens is 1. The van der Waals surface area contributed by atoms with Gasteiger partial charge in [-0.05, 0) is 24.9 Å². The Morgan fingerprint density at radius 2 is 2.25 bits per heavy atom. The third kappa shape index (κ3) is 3.76. The van der Waals surface area contributed by atoms with Crippen LogP contribution in [-0.2, 0) is 6.54 Å². The molecule has 0 radical (unpaired) electrons. The Bertz CT molecular complexity index is 315. The highest BCUT2D eigenvalue weighted by Gasteiger charge is 2.19. The minimum absolute atomic E-state index is 0.645. The second kappa shape index (κ2) is 6.87. The van der Waals surface area contributed by atoms with Crippen LogP contribution in [0.25, 0.3) is 0 Å². The number of nitrogens with zero attached hydrogens (tertiary/aromatic N) is 2. The Labute approximate surface area is 104 Å². The summed E-state index contributed by atoms with van der Waals surface area (Å²) >= 11 is 6.00. The van der Waals surface area contributed by atoms with E-state index in [-0.39, 0.29) is 0 Å².